The third-order valence-electron chi connectivity index (χ3n) is 6.05. The summed E-state index contributed by atoms with van der Waals surface area (Å²) in [5.41, 5.74) is 18.8. The number of hydrogen-bond acceptors (Lipinski definition) is 5. The lowest BCUT2D eigenvalue weighted by Crippen LogP contribution is -2.26. The van der Waals surface area contributed by atoms with E-state index < -0.39 is 0 Å². The first-order valence-electron chi connectivity index (χ1n) is 10.5. The molecule has 0 atom stereocenters. The molecule has 0 radical (unpaired) electrons. The molecule has 1 fully saturated rings. The zero-order chi connectivity index (χ0) is 20.5. The maximum atomic E-state index is 6.43. The van der Waals surface area contributed by atoms with E-state index in [0.29, 0.717) is 11.7 Å². The highest BCUT2D eigenvalue weighted by Gasteiger charge is 2.27. The highest BCUT2D eigenvalue weighted by Crippen LogP contribution is 2.41. The summed E-state index contributed by atoms with van der Waals surface area (Å²) in [5, 5.41) is 8.14. The van der Waals surface area contributed by atoms with E-state index in [1.165, 1.54) is 11.1 Å². The molecule has 152 valence electrons. The van der Waals surface area contributed by atoms with E-state index in [-0.39, 0.29) is 6.04 Å². The molecule has 2 heterocycles. The van der Waals surface area contributed by atoms with Gasteiger partial charge in [-0.15, -0.1) is 5.10 Å². The summed E-state index contributed by atoms with van der Waals surface area (Å²) in [7, 11) is 0. The van der Waals surface area contributed by atoms with Crippen LogP contribution in [0.3, 0.4) is 0 Å². The van der Waals surface area contributed by atoms with Crippen molar-refractivity contribution in [1.29, 1.82) is 0 Å². The lowest BCUT2D eigenvalue weighted by atomic mass is 9.81. The van der Waals surface area contributed by atoms with Crippen molar-refractivity contribution in [3.05, 3.63) is 72.6 Å². The summed E-state index contributed by atoms with van der Waals surface area (Å²) in [6.07, 6.45) is 7.64. The lowest BCUT2D eigenvalue weighted by molar-refractivity contribution is 0.396. The highest BCUT2D eigenvalue weighted by atomic mass is 15.3. The third-order valence-corrected chi connectivity index (χ3v) is 6.05. The molecule has 1 aliphatic rings. The van der Waals surface area contributed by atoms with Gasteiger partial charge < -0.3 is 16.8 Å². The average molecular weight is 399 g/mol. The topological polar surface area (TPSA) is 94.3 Å². The second-order valence-corrected chi connectivity index (χ2v) is 8.05. The Bertz CT molecular complexity index is 1140. The molecule has 0 unspecified atom stereocenters. The lowest BCUT2D eigenvalue weighted by Gasteiger charge is -2.28. The Morgan fingerprint density at radius 3 is 2.33 bits per heavy atom. The van der Waals surface area contributed by atoms with Crippen molar-refractivity contribution < 1.29 is 0 Å². The Labute approximate surface area is 175 Å². The van der Waals surface area contributed by atoms with Crippen molar-refractivity contribution in [2.75, 3.05) is 11.1 Å². The van der Waals surface area contributed by atoms with Gasteiger partial charge in [0.1, 0.15) is 5.82 Å². The molecule has 6 nitrogen and oxygen atoms in total. The summed E-state index contributed by atoms with van der Waals surface area (Å²) in [6.45, 7) is 0. The molecule has 6 heteroatoms. The van der Waals surface area contributed by atoms with Gasteiger partial charge in [0.2, 0.25) is 0 Å². The summed E-state index contributed by atoms with van der Waals surface area (Å²) < 4.78 is 1.74. The summed E-state index contributed by atoms with van der Waals surface area (Å²) in [5.74, 6) is 0.898. The van der Waals surface area contributed by atoms with Crippen LogP contribution in [0, 0.1) is 0 Å². The molecule has 30 heavy (non-hydrogen) atoms. The summed E-state index contributed by atoms with van der Waals surface area (Å²) >= 11 is 0. The number of imidazole rings is 1. The fraction of sp³-hybridized carbons (Fsp3) is 0.250. The van der Waals surface area contributed by atoms with Crippen molar-refractivity contribution >= 4 is 22.8 Å². The van der Waals surface area contributed by atoms with Crippen LogP contribution >= 0.6 is 0 Å². The average Bonchev–Trinajstić information content (AvgIpc) is 3.24. The Balaban J connectivity index is 1.52. The zero-order valence-electron chi connectivity index (χ0n) is 16.8. The second-order valence-electron chi connectivity index (χ2n) is 8.05. The van der Waals surface area contributed by atoms with Crippen molar-refractivity contribution in [2.24, 2.45) is 5.73 Å². The van der Waals surface area contributed by atoms with Gasteiger partial charge in [-0.3, -0.25) is 0 Å². The van der Waals surface area contributed by atoms with Crippen molar-refractivity contribution in [3.63, 3.8) is 0 Å². The maximum Gasteiger partial charge on any atom is 0.177 e. The smallest absolute Gasteiger partial charge is 0.177 e. The normalized spacial score (nSPS) is 19.1. The fourth-order valence-corrected chi connectivity index (χ4v) is 4.44. The molecule has 1 saturated carbocycles. The SMILES string of the molecule is Nc1nn2ccnc2c(Nc2ccc(-c3ccccc3)cc2)c1C1CCC(N)CC1. The first-order valence-corrected chi connectivity index (χ1v) is 10.5. The molecule has 0 aliphatic heterocycles. The molecular formula is C24H26N6. The summed E-state index contributed by atoms with van der Waals surface area (Å²) in [6, 6.07) is 19.1. The van der Waals surface area contributed by atoms with Gasteiger partial charge >= 0.3 is 0 Å². The molecule has 5 N–H and O–H groups in total. The monoisotopic (exact) mass is 398 g/mol. The minimum absolute atomic E-state index is 0.285. The van der Waals surface area contributed by atoms with Crippen LogP contribution in [0.25, 0.3) is 16.8 Å². The number of anilines is 3. The van der Waals surface area contributed by atoms with Crippen molar-refractivity contribution in [3.8, 4) is 11.1 Å². The number of nitrogens with one attached hydrogen (secondary N) is 1. The fourth-order valence-electron chi connectivity index (χ4n) is 4.44. The predicted octanol–water partition coefficient (Wildman–Crippen LogP) is 4.71. The molecule has 0 saturated heterocycles. The number of benzene rings is 2. The van der Waals surface area contributed by atoms with Crippen LogP contribution in [0.1, 0.15) is 37.2 Å². The number of nitrogens with two attached hydrogens (primary N) is 2. The van der Waals surface area contributed by atoms with E-state index in [1.54, 1.807) is 10.7 Å². The van der Waals surface area contributed by atoms with Gasteiger partial charge in [-0.05, 0) is 54.9 Å². The van der Waals surface area contributed by atoms with Gasteiger partial charge in [0, 0.05) is 29.7 Å². The van der Waals surface area contributed by atoms with E-state index in [1.807, 2.05) is 12.3 Å². The van der Waals surface area contributed by atoms with Crippen LogP contribution in [0.5, 0.6) is 0 Å². The van der Waals surface area contributed by atoms with Crippen LogP contribution in [-0.2, 0) is 0 Å². The van der Waals surface area contributed by atoms with Gasteiger partial charge in [0.05, 0.1) is 5.69 Å². The Morgan fingerprint density at radius 1 is 0.900 bits per heavy atom. The number of hydrogen-bond donors (Lipinski definition) is 3. The van der Waals surface area contributed by atoms with Gasteiger partial charge in [-0.25, -0.2) is 9.50 Å². The molecule has 0 spiro atoms. The van der Waals surface area contributed by atoms with Gasteiger partial charge in [0.25, 0.3) is 0 Å². The van der Waals surface area contributed by atoms with E-state index in [4.69, 9.17) is 11.5 Å². The Hall–Kier alpha value is -3.38. The molecule has 1 aliphatic carbocycles. The van der Waals surface area contributed by atoms with Crippen molar-refractivity contribution in [1.82, 2.24) is 14.6 Å². The minimum Gasteiger partial charge on any atom is -0.382 e. The largest absolute Gasteiger partial charge is 0.382 e. The van der Waals surface area contributed by atoms with Crippen molar-refractivity contribution in [2.45, 2.75) is 37.6 Å². The van der Waals surface area contributed by atoms with Gasteiger partial charge in [-0.2, -0.15) is 0 Å². The first kappa shape index (κ1) is 18.6. The van der Waals surface area contributed by atoms with Crippen LogP contribution < -0.4 is 16.8 Å². The Morgan fingerprint density at radius 2 is 1.60 bits per heavy atom. The number of nitrogen functional groups attached to an aromatic ring is 1. The number of fused-ring (bicyclic) bond motifs is 1. The van der Waals surface area contributed by atoms with Crippen LogP contribution in [0.4, 0.5) is 17.2 Å². The molecule has 0 amide bonds. The molecule has 2 aromatic carbocycles. The molecule has 0 bridgehead atoms. The first-order chi connectivity index (χ1) is 14.7. The summed E-state index contributed by atoms with van der Waals surface area (Å²) in [4.78, 5) is 4.55. The predicted molar refractivity (Wildman–Crippen MR) is 122 cm³/mol. The number of aromatic nitrogens is 3. The second kappa shape index (κ2) is 7.80. The van der Waals surface area contributed by atoms with E-state index in [9.17, 15) is 0 Å². The molecule has 4 aromatic rings. The molecule has 5 rings (SSSR count). The number of nitrogens with zero attached hydrogens (tertiary/aromatic N) is 3. The van der Waals surface area contributed by atoms with Crippen LogP contribution in [-0.4, -0.2) is 20.6 Å². The molecular weight excluding hydrogens is 372 g/mol. The van der Waals surface area contributed by atoms with Gasteiger partial charge in [-0.1, -0.05) is 42.5 Å². The number of rotatable bonds is 4. The zero-order valence-corrected chi connectivity index (χ0v) is 16.8. The standard InChI is InChI=1S/C24H26N6/c25-19-10-6-18(7-11-19)21-22(24-27-14-15-30(24)29-23(21)26)28-20-12-8-17(9-13-20)16-4-2-1-3-5-16/h1-5,8-9,12-15,18-19,28H,6-7,10-11,25H2,(H2,26,29). The third kappa shape index (κ3) is 3.50. The van der Waals surface area contributed by atoms with Gasteiger partial charge in [0.15, 0.2) is 5.65 Å². The van der Waals surface area contributed by atoms with E-state index in [0.717, 1.165) is 48.3 Å². The maximum absolute atomic E-state index is 6.43. The van der Waals surface area contributed by atoms with E-state index >= 15 is 0 Å². The van der Waals surface area contributed by atoms with E-state index in [2.05, 4.69) is 63.9 Å². The van der Waals surface area contributed by atoms with Crippen LogP contribution in [0.2, 0.25) is 0 Å². The Kier molecular flexibility index (Phi) is 4.85. The highest BCUT2D eigenvalue weighted by molar-refractivity contribution is 5.81. The molecule has 2 aromatic heterocycles. The van der Waals surface area contributed by atoms with Crippen LogP contribution in [0.15, 0.2) is 67.0 Å². The minimum atomic E-state index is 0.285. The quantitative estimate of drug-likeness (QED) is 0.463.